The zero-order valence-electron chi connectivity index (χ0n) is 11.1. The lowest BCUT2D eigenvalue weighted by atomic mass is 10.2. The summed E-state index contributed by atoms with van der Waals surface area (Å²) in [6.07, 6.45) is 3.12. The molecule has 1 aromatic heterocycles. The molecule has 2 aromatic rings. The predicted molar refractivity (Wildman–Crippen MR) is 73.5 cm³/mol. The van der Waals surface area contributed by atoms with Gasteiger partial charge in [-0.05, 0) is 18.6 Å². The van der Waals surface area contributed by atoms with Crippen LogP contribution in [0.2, 0.25) is 0 Å². The van der Waals surface area contributed by atoms with E-state index in [1.807, 2.05) is 24.3 Å². The maximum absolute atomic E-state index is 5.87. The smallest absolute Gasteiger partial charge is 0.227 e. The lowest BCUT2D eigenvalue weighted by Crippen LogP contribution is -2.03. The van der Waals surface area contributed by atoms with Crippen molar-refractivity contribution in [2.75, 3.05) is 12.8 Å². The van der Waals surface area contributed by atoms with Gasteiger partial charge in [0.1, 0.15) is 12.1 Å². The van der Waals surface area contributed by atoms with Crippen molar-refractivity contribution < 1.29 is 9.47 Å². The first-order valence-corrected chi connectivity index (χ1v) is 6.16. The standard InChI is InChI=1S/C14H17N3O2/c1-3-6-10-13(15)16-9-17-14(10)19-12-8-5-4-7-11(12)18-2/h4-5,7-9H,3,6H2,1-2H3,(H2,15,16,17). The van der Waals surface area contributed by atoms with Crippen molar-refractivity contribution in [2.24, 2.45) is 0 Å². The van der Waals surface area contributed by atoms with Crippen molar-refractivity contribution in [3.05, 3.63) is 36.2 Å². The van der Waals surface area contributed by atoms with Crippen molar-refractivity contribution in [1.29, 1.82) is 0 Å². The summed E-state index contributed by atoms with van der Waals surface area (Å²) in [4.78, 5) is 8.16. The summed E-state index contributed by atoms with van der Waals surface area (Å²) in [6.45, 7) is 2.07. The molecule has 1 heterocycles. The highest BCUT2D eigenvalue weighted by Crippen LogP contribution is 2.32. The Kier molecular flexibility index (Phi) is 4.18. The van der Waals surface area contributed by atoms with Crippen LogP contribution in [0.5, 0.6) is 17.4 Å². The fourth-order valence-corrected chi connectivity index (χ4v) is 1.79. The van der Waals surface area contributed by atoms with Gasteiger partial charge in [-0.25, -0.2) is 9.97 Å². The summed E-state index contributed by atoms with van der Waals surface area (Å²) in [5.74, 6) is 2.21. The fraction of sp³-hybridized carbons (Fsp3) is 0.286. The van der Waals surface area contributed by atoms with Gasteiger partial charge < -0.3 is 15.2 Å². The molecule has 1 aromatic carbocycles. The van der Waals surface area contributed by atoms with Crippen LogP contribution in [0, 0.1) is 0 Å². The van der Waals surface area contributed by atoms with Crippen molar-refractivity contribution in [3.63, 3.8) is 0 Å². The van der Waals surface area contributed by atoms with E-state index in [1.54, 1.807) is 7.11 Å². The van der Waals surface area contributed by atoms with Gasteiger partial charge in [0.2, 0.25) is 5.88 Å². The van der Waals surface area contributed by atoms with E-state index in [4.69, 9.17) is 15.2 Å². The molecular formula is C14H17N3O2. The van der Waals surface area contributed by atoms with Gasteiger partial charge in [0.05, 0.1) is 12.7 Å². The maximum atomic E-state index is 5.87. The van der Waals surface area contributed by atoms with E-state index in [9.17, 15) is 0 Å². The number of hydrogen-bond acceptors (Lipinski definition) is 5. The van der Waals surface area contributed by atoms with Gasteiger partial charge >= 0.3 is 0 Å². The second-order valence-electron chi connectivity index (χ2n) is 4.05. The summed E-state index contributed by atoms with van der Waals surface area (Å²) in [7, 11) is 1.60. The zero-order valence-corrected chi connectivity index (χ0v) is 11.1. The Balaban J connectivity index is 2.35. The molecule has 0 fully saturated rings. The minimum Gasteiger partial charge on any atom is -0.493 e. The molecule has 0 saturated carbocycles. The Bertz CT molecular complexity index is 558. The van der Waals surface area contributed by atoms with Crippen molar-refractivity contribution in [3.8, 4) is 17.4 Å². The molecule has 2 N–H and O–H groups in total. The SMILES string of the molecule is CCCc1c(N)ncnc1Oc1ccccc1OC. The van der Waals surface area contributed by atoms with E-state index < -0.39 is 0 Å². The number of ether oxygens (including phenoxy) is 2. The minimum atomic E-state index is 0.460. The Hall–Kier alpha value is -2.30. The van der Waals surface area contributed by atoms with Gasteiger partial charge in [-0.2, -0.15) is 0 Å². The molecular weight excluding hydrogens is 242 g/mol. The first-order chi connectivity index (χ1) is 9.26. The zero-order chi connectivity index (χ0) is 13.7. The Morgan fingerprint density at radius 2 is 1.89 bits per heavy atom. The van der Waals surface area contributed by atoms with Gasteiger partial charge in [0.15, 0.2) is 11.5 Å². The number of nitrogens with zero attached hydrogens (tertiary/aromatic N) is 2. The number of hydrogen-bond donors (Lipinski definition) is 1. The van der Waals surface area contributed by atoms with Gasteiger partial charge in [0, 0.05) is 0 Å². The van der Waals surface area contributed by atoms with E-state index in [0.29, 0.717) is 23.2 Å². The summed E-state index contributed by atoms with van der Waals surface area (Å²) < 4.78 is 11.1. The van der Waals surface area contributed by atoms with E-state index in [-0.39, 0.29) is 0 Å². The highest BCUT2D eigenvalue weighted by molar-refractivity contribution is 5.48. The average molecular weight is 259 g/mol. The van der Waals surface area contributed by atoms with E-state index in [1.165, 1.54) is 6.33 Å². The monoisotopic (exact) mass is 259 g/mol. The van der Waals surface area contributed by atoms with Crippen LogP contribution >= 0.6 is 0 Å². The van der Waals surface area contributed by atoms with Crippen LogP contribution in [-0.2, 0) is 6.42 Å². The molecule has 100 valence electrons. The fourth-order valence-electron chi connectivity index (χ4n) is 1.79. The Morgan fingerprint density at radius 3 is 2.58 bits per heavy atom. The third-order valence-corrected chi connectivity index (χ3v) is 2.71. The second kappa shape index (κ2) is 6.04. The number of aromatic nitrogens is 2. The number of nitrogen functional groups attached to an aromatic ring is 1. The van der Waals surface area contributed by atoms with Crippen molar-refractivity contribution >= 4 is 5.82 Å². The first-order valence-electron chi connectivity index (χ1n) is 6.16. The van der Waals surface area contributed by atoms with E-state index in [2.05, 4.69) is 16.9 Å². The molecule has 19 heavy (non-hydrogen) atoms. The summed E-state index contributed by atoms with van der Waals surface area (Å²) >= 11 is 0. The molecule has 0 aliphatic rings. The first kappa shape index (κ1) is 13.1. The van der Waals surface area contributed by atoms with Crippen LogP contribution in [0.3, 0.4) is 0 Å². The van der Waals surface area contributed by atoms with E-state index >= 15 is 0 Å². The van der Waals surface area contributed by atoms with E-state index in [0.717, 1.165) is 18.4 Å². The minimum absolute atomic E-state index is 0.460. The van der Waals surface area contributed by atoms with Crippen LogP contribution in [0.4, 0.5) is 5.82 Å². The van der Waals surface area contributed by atoms with Crippen LogP contribution in [0.15, 0.2) is 30.6 Å². The topological polar surface area (TPSA) is 70.3 Å². The molecule has 0 aliphatic heterocycles. The third-order valence-electron chi connectivity index (χ3n) is 2.71. The normalized spacial score (nSPS) is 10.2. The predicted octanol–water partition coefficient (Wildman–Crippen LogP) is 2.81. The number of benzene rings is 1. The number of nitrogens with two attached hydrogens (primary N) is 1. The van der Waals surface area contributed by atoms with Gasteiger partial charge in [0.25, 0.3) is 0 Å². The molecule has 0 saturated heterocycles. The van der Waals surface area contributed by atoms with Crippen molar-refractivity contribution in [1.82, 2.24) is 9.97 Å². The Morgan fingerprint density at radius 1 is 1.16 bits per heavy atom. The molecule has 2 rings (SSSR count). The Labute approximate surface area is 112 Å². The molecule has 0 atom stereocenters. The highest BCUT2D eigenvalue weighted by Gasteiger charge is 2.12. The second-order valence-corrected chi connectivity index (χ2v) is 4.05. The molecule has 5 heteroatoms. The lowest BCUT2D eigenvalue weighted by Gasteiger charge is -2.12. The van der Waals surface area contributed by atoms with Crippen LogP contribution in [0.25, 0.3) is 0 Å². The maximum Gasteiger partial charge on any atom is 0.227 e. The van der Waals surface area contributed by atoms with Gasteiger partial charge in [-0.3, -0.25) is 0 Å². The van der Waals surface area contributed by atoms with Gasteiger partial charge in [-0.15, -0.1) is 0 Å². The quantitative estimate of drug-likeness (QED) is 0.894. The number of anilines is 1. The summed E-state index contributed by atoms with van der Waals surface area (Å²) in [6, 6.07) is 7.42. The van der Waals surface area contributed by atoms with Crippen molar-refractivity contribution in [2.45, 2.75) is 19.8 Å². The highest BCUT2D eigenvalue weighted by atomic mass is 16.5. The molecule has 0 amide bonds. The molecule has 0 aliphatic carbocycles. The molecule has 5 nitrogen and oxygen atoms in total. The largest absolute Gasteiger partial charge is 0.493 e. The number of methoxy groups -OCH3 is 1. The molecule has 0 radical (unpaired) electrons. The summed E-state index contributed by atoms with van der Waals surface area (Å²) in [5.41, 5.74) is 6.70. The number of rotatable bonds is 5. The van der Waals surface area contributed by atoms with Gasteiger partial charge in [-0.1, -0.05) is 25.5 Å². The lowest BCUT2D eigenvalue weighted by molar-refractivity contribution is 0.372. The molecule has 0 spiro atoms. The average Bonchev–Trinajstić information content (AvgIpc) is 2.43. The molecule has 0 bridgehead atoms. The van der Waals surface area contributed by atoms with Crippen LogP contribution < -0.4 is 15.2 Å². The third kappa shape index (κ3) is 2.93. The number of para-hydroxylation sites is 2. The van der Waals surface area contributed by atoms with Crippen LogP contribution in [-0.4, -0.2) is 17.1 Å². The van der Waals surface area contributed by atoms with Crippen LogP contribution in [0.1, 0.15) is 18.9 Å². The summed E-state index contributed by atoms with van der Waals surface area (Å²) in [5, 5.41) is 0. The molecule has 0 unspecified atom stereocenters.